The molecule has 18 heavy (non-hydrogen) atoms. The Morgan fingerprint density at radius 3 is 2.83 bits per heavy atom. The van der Waals surface area contributed by atoms with Crippen molar-refractivity contribution >= 4 is 34.8 Å². The number of halogens is 1. The molecule has 7 heteroatoms. The van der Waals surface area contributed by atoms with Gasteiger partial charge >= 0.3 is 0 Å². The van der Waals surface area contributed by atoms with Gasteiger partial charge < -0.3 is 20.1 Å². The number of hydrogen-bond acceptors (Lipinski definition) is 4. The molecular weight excluding hydrogens is 276 g/mol. The maximum atomic E-state index is 11.7. The van der Waals surface area contributed by atoms with Crippen molar-refractivity contribution < 1.29 is 14.3 Å². The molecule has 1 fully saturated rings. The topological polar surface area (TPSA) is 59.6 Å². The van der Waals surface area contributed by atoms with Gasteiger partial charge in [-0.1, -0.05) is 11.6 Å². The van der Waals surface area contributed by atoms with E-state index in [0.29, 0.717) is 40.4 Å². The van der Waals surface area contributed by atoms with Crippen molar-refractivity contribution in [2.75, 3.05) is 13.2 Å². The maximum Gasteiger partial charge on any atom is 0.253 e. The highest BCUT2D eigenvalue weighted by molar-refractivity contribution is 7.80. The van der Waals surface area contributed by atoms with Gasteiger partial charge in [0.25, 0.3) is 5.91 Å². The third-order valence-corrected chi connectivity index (χ3v) is 3.23. The van der Waals surface area contributed by atoms with Crippen LogP contribution in [0, 0.1) is 0 Å². The van der Waals surface area contributed by atoms with Crippen molar-refractivity contribution in [2.45, 2.75) is 6.04 Å². The molecular formula is C11H9ClN2O3S. The second kappa shape index (κ2) is 4.29. The van der Waals surface area contributed by atoms with Crippen molar-refractivity contribution in [3.63, 3.8) is 0 Å². The Kier molecular flexibility index (Phi) is 2.76. The Labute approximate surface area is 113 Å². The molecule has 1 atom stereocenters. The summed E-state index contributed by atoms with van der Waals surface area (Å²) in [5, 5.41) is 6.14. The zero-order chi connectivity index (χ0) is 12.7. The van der Waals surface area contributed by atoms with Crippen LogP contribution in [0.3, 0.4) is 0 Å². The molecule has 0 bridgehead atoms. The van der Waals surface area contributed by atoms with Crippen molar-refractivity contribution in [3.05, 3.63) is 22.7 Å². The van der Waals surface area contributed by atoms with Gasteiger partial charge in [0, 0.05) is 0 Å². The quantitative estimate of drug-likeness (QED) is 0.758. The van der Waals surface area contributed by atoms with Crippen LogP contribution in [0.2, 0.25) is 5.02 Å². The molecule has 0 aliphatic carbocycles. The lowest BCUT2D eigenvalue weighted by molar-refractivity contribution is -0.120. The van der Waals surface area contributed by atoms with E-state index in [9.17, 15) is 4.79 Å². The van der Waals surface area contributed by atoms with Crippen LogP contribution in [0.1, 0.15) is 11.6 Å². The fourth-order valence-electron chi connectivity index (χ4n) is 1.95. The van der Waals surface area contributed by atoms with Gasteiger partial charge in [-0.05, 0) is 29.9 Å². The minimum Gasteiger partial charge on any atom is -0.486 e. The van der Waals surface area contributed by atoms with E-state index in [1.54, 1.807) is 12.1 Å². The largest absolute Gasteiger partial charge is 0.486 e. The summed E-state index contributed by atoms with van der Waals surface area (Å²) in [5.41, 5.74) is 0.696. The number of rotatable bonds is 1. The van der Waals surface area contributed by atoms with Crippen molar-refractivity contribution in [3.8, 4) is 11.5 Å². The number of carbonyl (C=O) groups is 1. The van der Waals surface area contributed by atoms with Gasteiger partial charge in [0.05, 0.1) is 5.02 Å². The Balaban J connectivity index is 2.01. The van der Waals surface area contributed by atoms with Gasteiger partial charge in [-0.2, -0.15) is 0 Å². The Morgan fingerprint density at radius 2 is 2.11 bits per heavy atom. The summed E-state index contributed by atoms with van der Waals surface area (Å²) in [4.78, 5) is 11.7. The summed E-state index contributed by atoms with van der Waals surface area (Å²) in [6, 6.07) is 2.89. The average Bonchev–Trinajstić information content (AvgIpc) is 2.68. The second-order valence-corrected chi connectivity index (χ2v) is 4.74. The number of thiocarbonyl (C=S) groups is 1. The molecule has 0 radical (unpaired) electrons. The summed E-state index contributed by atoms with van der Waals surface area (Å²) in [7, 11) is 0. The van der Waals surface area contributed by atoms with E-state index in [2.05, 4.69) is 10.6 Å². The molecule has 1 amide bonds. The lowest BCUT2D eigenvalue weighted by Crippen LogP contribution is -2.22. The highest BCUT2D eigenvalue weighted by Crippen LogP contribution is 2.39. The van der Waals surface area contributed by atoms with Gasteiger partial charge in [0.1, 0.15) is 19.3 Å². The zero-order valence-electron chi connectivity index (χ0n) is 9.16. The van der Waals surface area contributed by atoms with Crippen molar-refractivity contribution in [1.82, 2.24) is 10.6 Å². The molecule has 94 valence electrons. The number of nitrogens with one attached hydrogen (secondary N) is 2. The summed E-state index contributed by atoms with van der Waals surface area (Å²) in [5.74, 6) is 0.872. The van der Waals surface area contributed by atoms with E-state index in [0.717, 1.165) is 0 Å². The minimum absolute atomic E-state index is 0.201. The van der Waals surface area contributed by atoms with Gasteiger partial charge in [0.15, 0.2) is 16.6 Å². The molecule has 3 rings (SSSR count). The number of benzene rings is 1. The fraction of sp³-hybridized carbons (Fsp3) is 0.273. The van der Waals surface area contributed by atoms with Crippen LogP contribution in [0.15, 0.2) is 12.1 Å². The highest BCUT2D eigenvalue weighted by atomic mass is 35.5. The van der Waals surface area contributed by atoms with Gasteiger partial charge in [-0.15, -0.1) is 0 Å². The first kappa shape index (κ1) is 11.6. The maximum absolute atomic E-state index is 11.7. The van der Waals surface area contributed by atoms with E-state index >= 15 is 0 Å². The zero-order valence-corrected chi connectivity index (χ0v) is 10.7. The number of fused-ring (bicyclic) bond motifs is 1. The van der Waals surface area contributed by atoms with Gasteiger partial charge in [-0.3, -0.25) is 4.79 Å². The summed E-state index contributed by atoms with van der Waals surface area (Å²) in [6.07, 6.45) is 0. The van der Waals surface area contributed by atoms with Crippen LogP contribution in [0.25, 0.3) is 0 Å². The normalized spacial score (nSPS) is 21.5. The van der Waals surface area contributed by atoms with E-state index in [-0.39, 0.29) is 5.91 Å². The lowest BCUT2D eigenvalue weighted by atomic mass is 10.1. The van der Waals surface area contributed by atoms with Crippen molar-refractivity contribution in [1.29, 1.82) is 0 Å². The van der Waals surface area contributed by atoms with Crippen LogP contribution in [0.4, 0.5) is 0 Å². The van der Waals surface area contributed by atoms with Crippen LogP contribution in [-0.4, -0.2) is 24.2 Å². The third-order valence-electron chi connectivity index (χ3n) is 2.73. The van der Waals surface area contributed by atoms with Crippen LogP contribution >= 0.6 is 23.8 Å². The van der Waals surface area contributed by atoms with E-state index in [4.69, 9.17) is 33.3 Å². The molecule has 2 aliphatic heterocycles. The molecule has 1 aromatic carbocycles. The van der Waals surface area contributed by atoms with Crippen molar-refractivity contribution in [2.24, 2.45) is 0 Å². The third kappa shape index (κ3) is 1.87. The number of carbonyl (C=O) groups excluding carboxylic acids is 1. The summed E-state index contributed by atoms with van der Waals surface area (Å²) in [6.45, 7) is 0.938. The standard InChI is InChI=1S/C11H9ClN2O3S/c12-6-3-5(8-10(15)14-11(18)13-8)4-7-9(6)17-2-1-16-7/h3-4,8H,1-2H2,(H2,13,14,15,18). The number of amides is 1. The lowest BCUT2D eigenvalue weighted by Gasteiger charge is -2.21. The van der Waals surface area contributed by atoms with E-state index in [1.807, 2.05) is 0 Å². The summed E-state index contributed by atoms with van der Waals surface area (Å²) < 4.78 is 10.9. The monoisotopic (exact) mass is 284 g/mol. The fourth-order valence-corrected chi connectivity index (χ4v) is 2.44. The number of hydrogen-bond donors (Lipinski definition) is 2. The van der Waals surface area contributed by atoms with E-state index in [1.165, 1.54) is 0 Å². The minimum atomic E-state index is -0.536. The molecule has 2 aliphatic rings. The van der Waals surface area contributed by atoms with E-state index < -0.39 is 6.04 Å². The Hall–Kier alpha value is -1.53. The van der Waals surface area contributed by atoms with Gasteiger partial charge in [-0.25, -0.2) is 0 Å². The SMILES string of the molecule is O=C1NC(=S)NC1c1cc(Cl)c2c(c1)OCCO2. The molecule has 0 aromatic heterocycles. The van der Waals surface area contributed by atoms with Gasteiger partial charge in [0.2, 0.25) is 0 Å². The predicted octanol–water partition coefficient (Wildman–Crippen LogP) is 1.16. The van der Waals surface area contributed by atoms with Crippen LogP contribution < -0.4 is 20.1 Å². The predicted molar refractivity (Wildman–Crippen MR) is 69.1 cm³/mol. The highest BCUT2D eigenvalue weighted by Gasteiger charge is 2.30. The Morgan fingerprint density at radius 1 is 1.33 bits per heavy atom. The summed E-state index contributed by atoms with van der Waals surface area (Å²) >= 11 is 11.0. The molecule has 1 unspecified atom stereocenters. The first-order valence-electron chi connectivity index (χ1n) is 5.35. The Bertz CT molecular complexity index is 549. The van der Waals surface area contributed by atoms with Crippen LogP contribution in [0.5, 0.6) is 11.5 Å². The molecule has 2 N–H and O–H groups in total. The molecule has 2 heterocycles. The molecule has 5 nitrogen and oxygen atoms in total. The first-order chi connectivity index (χ1) is 8.65. The molecule has 1 saturated heterocycles. The smallest absolute Gasteiger partial charge is 0.253 e. The van der Waals surface area contributed by atoms with Crippen LogP contribution in [-0.2, 0) is 4.79 Å². The average molecular weight is 285 g/mol. The number of ether oxygens (including phenoxy) is 2. The molecule has 1 aromatic rings. The molecule has 0 spiro atoms. The first-order valence-corrected chi connectivity index (χ1v) is 6.14. The molecule has 0 saturated carbocycles. The second-order valence-electron chi connectivity index (χ2n) is 3.92.